The van der Waals surface area contributed by atoms with Crippen molar-refractivity contribution in [1.82, 2.24) is 15.0 Å². The maximum absolute atomic E-state index is 6.38. The summed E-state index contributed by atoms with van der Waals surface area (Å²) < 4.78 is 6.38. The molecule has 3 heterocycles. The Kier molecular flexibility index (Phi) is 10.8. The third-order valence-corrected chi connectivity index (χ3v) is 14.6. The van der Waals surface area contributed by atoms with E-state index in [1.165, 1.54) is 27.8 Å². The van der Waals surface area contributed by atoms with E-state index >= 15 is 0 Å². The standard InChI is InChI=1S/C70H46N4O/c1-4-17-47(18-5-1)66-62-31-12-13-32-63(62)67-64-44-57(45-65(66)67)74(55-37-39-59(40-38-55)75-58-27-8-3-9-28-58)56-26-16-24-53(43-56)61-30-11-10-29-60(61)51-22-15-25-54(42-51)70-72-68(48-19-6-2-7-20-48)71-69(73-70)49-35-33-46(34-36-49)50-21-14-23-52(64)41-50/h1-45,66H. The number of nitrogens with zero attached hydrogens (tertiary/aromatic N) is 4. The highest BCUT2D eigenvalue weighted by atomic mass is 16.5. The van der Waals surface area contributed by atoms with E-state index in [9.17, 15) is 0 Å². The number of anilines is 3. The van der Waals surface area contributed by atoms with Gasteiger partial charge >= 0.3 is 0 Å². The summed E-state index contributed by atoms with van der Waals surface area (Å²) in [5.74, 6) is 3.42. The van der Waals surface area contributed by atoms with Crippen LogP contribution in [0.5, 0.6) is 11.5 Å². The molecule has 0 amide bonds. The lowest BCUT2D eigenvalue weighted by atomic mass is 9.87. The summed E-state index contributed by atoms with van der Waals surface area (Å²) in [6.07, 6.45) is 0. The van der Waals surface area contributed by atoms with Gasteiger partial charge in [-0.2, -0.15) is 0 Å². The molecule has 0 N–H and O–H groups in total. The molecule has 0 saturated heterocycles. The predicted molar refractivity (Wildman–Crippen MR) is 305 cm³/mol. The van der Waals surface area contributed by atoms with Gasteiger partial charge in [-0.15, -0.1) is 0 Å². The first-order valence-corrected chi connectivity index (χ1v) is 25.4. The van der Waals surface area contributed by atoms with Gasteiger partial charge in [0.15, 0.2) is 17.5 Å². The minimum absolute atomic E-state index is 0.0150. The fourth-order valence-corrected chi connectivity index (χ4v) is 11.1. The fraction of sp³-hybridized carbons (Fsp3) is 0.0143. The Balaban J connectivity index is 1.03. The summed E-state index contributed by atoms with van der Waals surface area (Å²) >= 11 is 0. The van der Waals surface area contributed by atoms with Crippen molar-refractivity contribution < 1.29 is 4.74 Å². The minimum Gasteiger partial charge on any atom is -0.457 e. The highest BCUT2D eigenvalue weighted by molar-refractivity contribution is 5.97. The SMILES string of the molecule is c1ccc(Oc2ccc(N3c4cccc(c4)-c4ccccc4-c4cccc(c4)-c4nc(-c5ccccc5)nc(n4)-c4ccc(cc4)-c4cccc(c4)-c4cc3cc3c4-c4ccccc4C3c3ccccc3)cc2)cc1. The Morgan fingerprint density at radius 2 is 0.773 bits per heavy atom. The molecule has 0 saturated carbocycles. The molecule has 3 aliphatic rings. The number of hydrogen-bond donors (Lipinski definition) is 0. The van der Waals surface area contributed by atoms with Crippen molar-refractivity contribution in [3.05, 3.63) is 290 Å². The van der Waals surface area contributed by atoms with Crippen molar-refractivity contribution in [2.45, 2.75) is 5.92 Å². The lowest BCUT2D eigenvalue weighted by Gasteiger charge is -2.29. The van der Waals surface area contributed by atoms with Crippen LogP contribution in [0.3, 0.4) is 0 Å². The Bertz CT molecular complexity index is 4080. The van der Waals surface area contributed by atoms with Crippen LogP contribution in [0.4, 0.5) is 17.1 Å². The van der Waals surface area contributed by atoms with Gasteiger partial charge in [-0.25, -0.2) is 15.0 Å². The molecule has 1 unspecified atom stereocenters. The lowest BCUT2D eigenvalue weighted by molar-refractivity contribution is 0.483. The van der Waals surface area contributed by atoms with E-state index in [1.54, 1.807) is 0 Å². The largest absolute Gasteiger partial charge is 0.457 e. The average molecular weight is 959 g/mol. The van der Waals surface area contributed by atoms with Crippen molar-refractivity contribution in [1.29, 1.82) is 0 Å². The molecule has 2 aliphatic heterocycles. The summed E-state index contributed by atoms with van der Waals surface area (Å²) in [4.78, 5) is 17.8. The minimum atomic E-state index is 0.0150. The highest BCUT2D eigenvalue weighted by Gasteiger charge is 2.34. The first-order chi connectivity index (χ1) is 37.1. The second-order valence-corrected chi connectivity index (χ2v) is 19.1. The Hall–Kier alpha value is -9.97. The van der Waals surface area contributed by atoms with Crippen LogP contribution < -0.4 is 9.64 Å². The van der Waals surface area contributed by atoms with Crippen LogP contribution in [0.15, 0.2) is 273 Å². The lowest BCUT2D eigenvalue weighted by Crippen LogP contribution is -2.11. The van der Waals surface area contributed by atoms with Crippen molar-refractivity contribution in [3.63, 3.8) is 0 Å². The van der Waals surface area contributed by atoms with Gasteiger partial charge < -0.3 is 9.64 Å². The maximum atomic E-state index is 6.38. The molecule has 12 aromatic rings. The molecule has 0 spiro atoms. The van der Waals surface area contributed by atoms with E-state index in [0.29, 0.717) is 17.5 Å². The van der Waals surface area contributed by atoms with Gasteiger partial charge in [0.1, 0.15) is 11.5 Å². The number of rotatable bonds is 5. The first kappa shape index (κ1) is 43.8. The maximum Gasteiger partial charge on any atom is 0.164 e. The molecule has 11 aromatic carbocycles. The molecular weight excluding hydrogens is 913 g/mol. The van der Waals surface area contributed by atoms with Gasteiger partial charge in [-0.3, -0.25) is 0 Å². The van der Waals surface area contributed by atoms with E-state index in [-0.39, 0.29) is 5.92 Å². The van der Waals surface area contributed by atoms with Crippen molar-refractivity contribution in [2.24, 2.45) is 0 Å². The molecule has 5 heteroatoms. The molecule has 1 aromatic heterocycles. The quantitative estimate of drug-likeness (QED) is 0.172. The Morgan fingerprint density at radius 1 is 0.280 bits per heavy atom. The van der Waals surface area contributed by atoms with E-state index in [4.69, 9.17) is 19.7 Å². The predicted octanol–water partition coefficient (Wildman–Crippen LogP) is 18.3. The zero-order valence-electron chi connectivity index (χ0n) is 40.8. The van der Waals surface area contributed by atoms with Crippen molar-refractivity contribution >= 4 is 17.1 Å². The second kappa shape index (κ2) is 18.6. The van der Waals surface area contributed by atoms with Crippen LogP contribution in [0, 0.1) is 0 Å². The molecule has 352 valence electrons. The van der Waals surface area contributed by atoms with Gasteiger partial charge in [0, 0.05) is 39.7 Å². The normalized spacial score (nSPS) is 12.9. The van der Waals surface area contributed by atoms with E-state index in [2.05, 4.69) is 229 Å². The van der Waals surface area contributed by atoms with Crippen molar-refractivity contribution in [3.8, 4) is 101 Å². The molecule has 0 fully saturated rings. The summed E-state index contributed by atoms with van der Waals surface area (Å²) in [6, 6.07) is 97.2. The van der Waals surface area contributed by atoms with E-state index in [0.717, 1.165) is 89.8 Å². The number of benzene rings is 11. The zero-order chi connectivity index (χ0) is 49.7. The molecular formula is C70H46N4O. The van der Waals surface area contributed by atoms with E-state index in [1.807, 2.05) is 48.5 Å². The van der Waals surface area contributed by atoms with Crippen LogP contribution in [0.25, 0.3) is 89.8 Å². The molecule has 1 atom stereocenters. The van der Waals surface area contributed by atoms with Crippen LogP contribution in [0.2, 0.25) is 0 Å². The molecule has 1 aliphatic carbocycles. The van der Waals surface area contributed by atoms with Gasteiger partial charge in [-0.1, -0.05) is 200 Å². The highest BCUT2D eigenvalue weighted by Crippen LogP contribution is 2.54. The van der Waals surface area contributed by atoms with Gasteiger partial charge in [0.2, 0.25) is 0 Å². The number of ether oxygens (including phenoxy) is 1. The smallest absolute Gasteiger partial charge is 0.164 e. The molecule has 5 nitrogen and oxygen atoms in total. The summed E-state index contributed by atoms with van der Waals surface area (Å²) in [7, 11) is 0. The van der Waals surface area contributed by atoms with Gasteiger partial charge in [0.05, 0.1) is 0 Å². The number of para-hydroxylation sites is 1. The van der Waals surface area contributed by atoms with Gasteiger partial charge in [0.25, 0.3) is 0 Å². The van der Waals surface area contributed by atoms with Crippen LogP contribution in [0.1, 0.15) is 22.6 Å². The number of hydrogen-bond acceptors (Lipinski definition) is 5. The average Bonchev–Trinajstić information content (AvgIpc) is 3.88. The van der Waals surface area contributed by atoms with Crippen LogP contribution >= 0.6 is 0 Å². The summed E-state index contributed by atoms with van der Waals surface area (Å²) in [5.41, 5.74) is 21.0. The fourth-order valence-electron chi connectivity index (χ4n) is 11.1. The molecule has 12 bridgehead atoms. The Labute approximate surface area is 436 Å². The summed E-state index contributed by atoms with van der Waals surface area (Å²) in [5, 5.41) is 0. The topological polar surface area (TPSA) is 51.1 Å². The van der Waals surface area contributed by atoms with Crippen LogP contribution in [-0.2, 0) is 0 Å². The van der Waals surface area contributed by atoms with Gasteiger partial charge in [-0.05, 0) is 145 Å². The molecule has 0 radical (unpaired) electrons. The number of aromatic nitrogens is 3. The monoisotopic (exact) mass is 958 g/mol. The van der Waals surface area contributed by atoms with E-state index < -0.39 is 0 Å². The number of fused-ring (bicyclic) bond motifs is 5. The third kappa shape index (κ3) is 8.13. The first-order valence-electron chi connectivity index (χ1n) is 25.4. The second-order valence-electron chi connectivity index (χ2n) is 19.1. The molecule has 15 rings (SSSR count). The third-order valence-electron chi connectivity index (χ3n) is 14.6. The van der Waals surface area contributed by atoms with Crippen LogP contribution in [-0.4, -0.2) is 15.0 Å². The zero-order valence-corrected chi connectivity index (χ0v) is 40.8. The van der Waals surface area contributed by atoms with Crippen molar-refractivity contribution in [2.75, 3.05) is 4.90 Å². The molecule has 75 heavy (non-hydrogen) atoms. The Morgan fingerprint density at radius 3 is 1.48 bits per heavy atom. The summed E-state index contributed by atoms with van der Waals surface area (Å²) in [6.45, 7) is 0.